The van der Waals surface area contributed by atoms with Gasteiger partial charge in [-0.1, -0.05) is 37.6 Å². The highest BCUT2D eigenvalue weighted by Gasteiger charge is 2.04. The Labute approximate surface area is 109 Å². The zero-order valence-corrected chi connectivity index (χ0v) is 11.2. The Kier molecular flexibility index (Phi) is 4.59. The first kappa shape index (κ1) is 12.9. The van der Waals surface area contributed by atoms with E-state index >= 15 is 0 Å². The summed E-state index contributed by atoms with van der Waals surface area (Å²) in [5.41, 5.74) is 2.56. The van der Waals surface area contributed by atoms with Crippen molar-refractivity contribution in [1.29, 1.82) is 0 Å². The third-order valence-corrected chi connectivity index (χ3v) is 3.07. The lowest BCUT2D eigenvalue weighted by atomic mass is 10.1. The van der Waals surface area contributed by atoms with Gasteiger partial charge in [-0.15, -0.1) is 0 Å². The minimum Gasteiger partial charge on any atom is -0.460 e. The van der Waals surface area contributed by atoms with Gasteiger partial charge in [0.15, 0.2) is 0 Å². The molecule has 1 aromatic carbocycles. The minimum absolute atomic E-state index is 0.772. The molecular formula is C16H21NO. The highest BCUT2D eigenvalue weighted by molar-refractivity contribution is 5.57. The van der Waals surface area contributed by atoms with Crippen LogP contribution in [0.3, 0.4) is 0 Å². The summed E-state index contributed by atoms with van der Waals surface area (Å²) in [5, 5.41) is 3.09. The molecule has 2 rings (SSSR count). The molecule has 0 amide bonds. The molecule has 0 unspecified atom stereocenters. The van der Waals surface area contributed by atoms with Crippen molar-refractivity contribution in [1.82, 2.24) is 5.32 Å². The fraction of sp³-hybridized carbons (Fsp3) is 0.375. The van der Waals surface area contributed by atoms with Gasteiger partial charge in [0.25, 0.3) is 0 Å². The van der Waals surface area contributed by atoms with Gasteiger partial charge in [-0.2, -0.15) is 0 Å². The first-order valence-corrected chi connectivity index (χ1v) is 6.66. The molecule has 0 spiro atoms. The highest BCUT2D eigenvalue weighted by atomic mass is 16.3. The topological polar surface area (TPSA) is 25.2 Å². The minimum atomic E-state index is 0.772. The van der Waals surface area contributed by atoms with Gasteiger partial charge < -0.3 is 9.73 Å². The SMILES string of the molecule is CCCCc1ccc(-c2ccc(CNC)o2)cc1. The zero-order chi connectivity index (χ0) is 12.8. The van der Waals surface area contributed by atoms with Crippen molar-refractivity contribution in [3.05, 3.63) is 47.7 Å². The van der Waals surface area contributed by atoms with Crippen LogP contribution in [0, 0.1) is 0 Å². The second kappa shape index (κ2) is 6.41. The third-order valence-electron chi connectivity index (χ3n) is 3.07. The van der Waals surface area contributed by atoms with E-state index in [0.717, 1.165) is 23.6 Å². The Morgan fingerprint density at radius 1 is 1.06 bits per heavy atom. The van der Waals surface area contributed by atoms with Gasteiger partial charge in [-0.05, 0) is 37.6 Å². The maximum atomic E-state index is 5.77. The van der Waals surface area contributed by atoms with Crippen molar-refractivity contribution >= 4 is 0 Å². The lowest BCUT2D eigenvalue weighted by Crippen LogP contribution is -2.03. The van der Waals surface area contributed by atoms with Gasteiger partial charge >= 0.3 is 0 Å². The van der Waals surface area contributed by atoms with Crippen LogP contribution < -0.4 is 5.32 Å². The van der Waals surface area contributed by atoms with E-state index in [-0.39, 0.29) is 0 Å². The van der Waals surface area contributed by atoms with E-state index in [9.17, 15) is 0 Å². The number of hydrogen-bond donors (Lipinski definition) is 1. The number of hydrogen-bond acceptors (Lipinski definition) is 2. The van der Waals surface area contributed by atoms with E-state index in [2.05, 4.69) is 36.5 Å². The van der Waals surface area contributed by atoms with Crippen LogP contribution >= 0.6 is 0 Å². The Hall–Kier alpha value is -1.54. The average molecular weight is 243 g/mol. The lowest BCUT2D eigenvalue weighted by Gasteiger charge is -2.02. The van der Waals surface area contributed by atoms with Crippen LogP contribution in [-0.4, -0.2) is 7.05 Å². The van der Waals surface area contributed by atoms with E-state index in [1.54, 1.807) is 0 Å². The van der Waals surface area contributed by atoms with Crippen LogP contribution in [0.1, 0.15) is 31.1 Å². The van der Waals surface area contributed by atoms with Crippen molar-refractivity contribution in [2.45, 2.75) is 32.7 Å². The van der Waals surface area contributed by atoms with Crippen molar-refractivity contribution < 1.29 is 4.42 Å². The molecule has 0 fully saturated rings. The number of furan rings is 1. The van der Waals surface area contributed by atoms with Crippen molar-refractivity contribution in [3.8, 4) is 11.3 Å². The first-order valence-electron chi connectivity index (χ1n) is 6.66. The summed E-state index contributed by atoms with van der Waals surface area (Å²) in [6.07, 6.45) is 3.67. The quantitative estimate of drug-likeness (QED) is 0.829. The van der Waals surface area contributed by atoms with Crippen molar-refractivity contribution in [3.63, 3.8) is 0 Å². The second-order valence-corrected chi connectivity index (χ2v) is 4.60. The van der Waals surface area contributed by atoms with E-state index in [4.69, 9.17) is 4.42 Å². The Morgan fingerprint density at radius 2 is 1.83 bits per heavy atom. The van der Waals surface area contributed by atoms with E-state index in [0.29, 0.717) is 0 Å². The fourth-order valence-corrected chi connectivity index (χ4v) is 2.02. The van der Waals surface area contributed by atoms with Crippen LogP contribution in [0.25, 0.3) is 11.3 Å². The smallest absolute Gasteiger partial charge is 0.134 e. The van der Waals surface area contributed by atoms with Crippen LogP contribution in [-0.2, 0) is 13.0 Å². The molecule has 96 valence electrons. The lowest BCUT2D eigenvalue weighted by molar-refractivity contribution is 0.507. The summed E-state index contributed by atoms with van der Waals surface area (Å²) in [5.74, 6) is 1.92. The maximum absolute atomic E-state index is 5.77. The van der Waals surface area contributed by atoms with Gasteiger partial charge in [0.1, 0.15) is 11.5 Å². The molecule has 1 aromatic heterocycles. The largest absolute Gasteiger partial charge is 0.460 e. The molecule has 0 aliphatic heterocycles. The molecule has 0 atom stereocenters. The molecular weight excluding hydrogens is 222 g/mol. The van der Waals surface area contributed by atoms with Crippen LogP contribution in [0.2, 0.25) is 0 Å². The molecule has 0 aliphatic carbocycles. The Balaban J connectivity index is 2.07. The summed E-state index contributed by atoms with van der Waals surface area (Å²) in [6.45, 7) is 3.00. The normalized spacial score (nSPS) is 10.8. The van der Waals surface area contributed by atoms with E-state index in [1.807, 2.05) is 19.2 Å². The summed E-state index contributed by atoms with van der Waals surface area (Å²) in [4.78, 5) is 0. The van der Waals surface area contributed by atoms with E-state index in [1.165, 1.54) is 24.8 Å². The fourth-order valence-electron chi connectivity index (χ4n) is 2.02. The average Bonchev–Trinajstić information content (AvgIpc) is 2.86. The third kappa shape index (κ3) is 3.23. The van der Waals surface area contributed by atoms with Gasteiger partial charge in [-0.3, -0.25) is 0 Å². The number of nitrogens with one attached hydrogen (secondary N) is 1. The molecule has 0 bridgehead atoms. The standard InChI is InChI=1S/C16H21NO/c1-3-4-5-13-6-8-14(9-7-13)16-11-10-15(18-16)12-17-2/h6-11,17H,3-5,12H2,1-2H3. The zero-order valence-electron chi connectivity index (χ0n) is 11.2. The molecule has 0 saturated carbocycles. The number of rotatable bonds is 6. The molecule has 0 saturated heterocycles. The van der Waals surface area contributed by atoms with Gasteiger partial charge in [0.2, 0.25) is 0 Å². The molecule has 2 aromatic rings. The molecule has 1 N–H and O–H groups in total. The number of unbranched alkanes of at least 4 members (excludes halogenated alkanes) is 1. The van der Waals surface area contributed by atoms with Gasteiger partial charge in [-0.25, -0.2) is 0 Å². The van der Waals surface area contributed by atoms with E-state index < -0.39 is 0 Å². The molecule has 1 heterocycles. The maximum Gasteiger partial charge on any atom is 0.134 e. The van der Waals surface area contributed by atoms with Crippen molar-refractivity contribution in [2.75, 3.05) is 7.05 Å². The van der Waals surface area contributed by atoms with Gasteiger partial charge in [0, 0.05) is 5.56 Å². The summed E-state index contributed by atoms with van der Waals surface area (Å²) < 4.78 is 5.77. The predicted molar refractivity (Wildman–Crippen MR) is 75.5 cm³/mol. The summed E-state index contributed by atoms with van der Waals surface area (Å²) in [7, 11) is 1.92. The highest BCUT2D eigenvalue weighted by Crippen LogP contribution is 2.23. The predicted octanol–water partition coefficient (Wildman–Crippen LogP) is 4.01. The Bertz CT molecular complexity index is 470. The van der Waals surface area contributed by atoms with Crippen molar-refractivity contribution in [2.24, 2.45) is 0 Å². The second-order valence-electron chi connectivity index (χ2n) is 4.60. The molecule has 2 heteroatoms. The summed E-state index contributed by atoms with van der Waals surface area (Å²) in [6, 6.07) is 12.8. The van der Waals surface area contributed by atoms with Crippen LogP contribution in [0.15, 0.2) is 40.8 Å². The first-order chi connectivity index (χ1) is 8.83. The molecule has 0 radical (unpaired) electrons. The van der Waals surface area contributed by atoms with Crippen LogP contribution in [0.5, 0.6) is 0 Å². The summed E-state index contributed by atoms with van der Waals surface area (Å²) >= 11 is 0. The van der Waals surface area contributed by atoms with Gasteiger partial charge in [0.05, 0.1) is 6.54 Å². The number of benzene rings is 1. The molecule has 0 aliphatic rings. The van der Waals surface area contributed by atoms with Crippen LogP contribution in [0.4, 0.5) is 0 Å². The molecule has 2 nitrogen and oxygen atoms in total. The Morgan fingerprint density at radius 3 is 2.50 bits per heavy atom. The monoisotopic (exact) mass is 243 g/mol. The molecule has 18 heavy (non-hydrogen) atoms. The number of aryl methyl sites for hydroxylation is 1.